The molecule has 0 aliphatic rings. The van der Waals surface area contributed by atoms with E-state index in [9.17, 15) is 9.59 Å². The molecule has 0 rings (SSSR count). The second kappa shape index (κ2) is 23.5. The van der Waals surface area contributed by atoms with Crippen LogP contribution in [0.4, 0.5) is 0 Å². The van der Waals surface area contributed by atoms with Gasteiger partial charge in [-0.2, -0.15) is 0 Å². The predicted molar refractivity (Wildman–Crippen MR) is 159 cm³/mol. The molecule has 0 fully saturated rings. The molecule has 0 heterocycles. The summed E-state index contributed by atoms with van der Waals surface area (Å²) in [6.45, 7) is 13.3. The van der Waals surface area contributed by atoms with Gasteiger partial charge in [0.05, 0.1) is 0 Å². The predicted octanol–water partition coefficient (Wildman–Crippen LogP) is 9.01. The van der Waals surface area contributed by atoms with Gasteiger partial charge in [0.25, 0.3) is 0 Å². The molecular formula is C28H56O4S2Sn. The van der Waals surface area contributed by atoms with Crippen molar-refractivity contribution in [2.24, 2.45) is 11.8 Å². The second-order valence-corrected chi connectivity index (χ2v) is 22.1. The average molecular weight is 640 g/mol. The zero-order chi connectivity index (χ0) is 26.4. The Morgan fingerprint density at radius 1 is 0.629 bits per heavy atom. The van der Waals surface area contributed by atoms with Crippen LogP contribution in [0.5, 0.6) is 0 Å². The van der Waals surface area contributed by atoms with Crippen molar-refractivity contribution in [1.82, 2.24) is 0 Å². The van der Waals surface area contributed by atoms with Crippen LogP contribution in [0.3, 0.4) is 0 Å². The zero-order valence-corrected chi connectivity index (χ0v) is 28.3. The minimum absolute atomic E-state index is 0.161. The van der Waals surface area contributed by atoms with E-state index in [1.165, 1.54) is 38.5 Å². The van der Waals surface area contributed by atoms with Crippen molar-refractivity contribution in [3.05, 3.63) is 0 Å². The molecule has 0 aliphatic carbocycles. The van der Waals surface area contributed by atoms with Crippen LogP contribution in [0.25, 0.3) is 0 Å². The van der Waals surface area contributed by atoms with Gasteiger partial charge in [-0.15, -0.1) is 0 Å². The van der Waals surface area contributed by atoms with Gasteiger partial charge in [0.2, 0.25) is 0 Å². The first-order chi connectivity index (χ1) is 16.7. The van der Waals surface area contributed by atoms with Gasteiger partial charge in [-0.3, -0.25) is 0 Å². The number of hydrogen-bond acceptors (Lipinski definition) is 6. The molecule has 0 aliphatic heterocycles. The third kappa shape index (κ3) is 22.2. The van der Waals surface area contributed by atoms with Crippen LogP contribution in [-0.4, -0.2) is 54.2 Å². The van der Waals surface area contributed by atoms with Gasteiger partial charge in [0, 0.05) is 0 Å². The first-order valence-corrected chi connectivity index (χ1v) is 23.0. The number of carbonyl (C=O) groups excluding carboxylic acids is 2. The van der Waals surface area contributed by atoms with Crippen molar-refractivity contribution in [3.63, 3.8) is 0 Å². The van der Waals surface area contributed by atoms with Crippen LogP contribution in [0.1, 0.15) is 119 Å². The summed E-state index contributed by atoms with van der Waals surface area (Å²) in [5.74, 6) is 3.95. The molecule has 0 aromatic rings. The molecule has 0 bridgehead atoms. The normalized spacial score (nSPS) is 11.9. The Morgan fingerprint density at radius 2 is 1.03 bits per heavy atom. The van der Waals surface area contributed by atoms with E-state index >= 15 is 0 Å². The Balaban J connectivity index is 4.61. The maximum atomic E-state index is 12.8. The van der Waals surface area contributed by atoms with Gasteiger partial charge in [0.1, 0.15) is 0 Å². The van der Waals surface area contributed by atoms with E-state index in [1.807, 2.05) is 0 Å². The summed E-state index contributed by atoms with van der Waals surface area (Å²) in [4.78, 5) is 25.5. The molecule has 4 nitrogen and oxygen atoms in total. The quantitative estimate of drug-likeness (QED) is 0.0776. The fourth-order valence-corrected chi connectivity index (χ4v) is 15.9. The van der Waals surface area contributed by atoms with Crippen molar-refractivity contribution in [2.75, 3.05) is 23.0 Å². The van der Waals surface area contributed by atoms with Gasteiger partial charge in [-0.25, -0.2) is 0 Å². The van der Waals surface area contributed by atoms with Gasteiger partial charge in [0.15, 0.2) is 0 Å². The van der Waals surface area contributed by atoms with E-state index in [0.29, 0.717) is 11.5 Å². The molecule has 0 saturated carbocycles. The molecule has 0 aromatic carbocycles. The summed E-state index contributed by atoms with van der Waals surface area (Å²) in [5, 5.41) is 0. The zero-order valence-electron chi connectivity index (χ0n) is 23.8. The van der Waals surface area contributed by atoms with Crippen molar-refractivity contribution < 1.29 is 15.7 Å². The molecular weight excluding hydrogens is 583 g/mol. The molecule has 0 radical (unpaired) electrons. The van der Waals surface area contributed by atoms with Gasteiger partial charge >= 0.3 is 233 Å². The SMILES string of the molecule is CCC[CH2][Sn]([CH2]CCC)([O]C(=O)CSCCCCCC(C)C)[O]C(=O)CSCCCCCC(C)C. The molecule has 0 aromatic heterocycles. The fourth-order valence-electron chi connectivity index (χ4n) is 3.89. The molecule has 7 heteroatoms. The molecule has 35 heavy (non-hydrogen) atoms. The van der Waals surface area contributed by atoms with Crippen LogP contribution >= 0.6 is 23.5 Å². The van der Waals surface area contributed by atoms with Crippen LogP contribution in [-0.2, 0) is 15.7 Å². The Bertz CT molecular complexity index is 483. The van der Waals surface area contributed by atoms with Crippen LogP contribution in [0.15, 0.2) is 0 Å². The van der Waals surface area contributed by atoms with Crippen molar-refractivity contribution in [3.8, 4) is 0 Å². The Labute approximate surface area is 231 Å². The molecule has 0 amide bonds. The summed E-state index contributed by atoms with van der Waals surface area (Å²) < 4.78 is 13.9. The Hall–Kier alpha value is 0.439. The monoisotopic (exact) mass is 640 g/mol. The summed E-state index contributed by atoms with van der Waals surface area (Å²) in [5.41, 5.74) is 0. The number of thioether (sulfide) groups is 2. The van der Waals surface area contributed by atoms with E-state index in [4.69, 9.17) is 6.15 Å². The molecule has 0 saturated heterocycles. The van der Waals surface area contributed by atoms with Crippen LogP contribution in [0, 0.1) is 11.8 Å². The van der Waals surface area contributed by atoms with Gasteiger partial charge < -0.3 is 0 Å². The second-order valence-electron chi connectivity index (χ2n) is 10.7. The topological polar surface area (TPSA) is 52.6 Å². The summed E-state index contributed by atoms with van der Waals surface area (Å²) in [6.07, 6.45) is 13.8. The van der Waals surface area contributed by atoms with Crippen molar-refractivity contribution in [2.45, 2.75) is 127 Å². The van der Waals surface area contributed by atoms with E-state index in [0.717, 1.165) is 70.7 Å². The van der Waals surface area contributed by atoms with Crippen molar-refractivity contribution in [1.29, 1.82) is 0 Å². The third-order valence-corrected chi connectivity index (χ3v) is 17.8. The number of hydrogen-bond donors (Lipinski definition) is 0. The molecule has 208 valence electrons. The molecule has 0 unspecified atom stereocenters. The summed E-state index contributed by atoms with van der Waals surface area (Å²) >= 11 is -0.452. The molecule has 0 atom stereocenters. The van der Waals surface area contributed by atoms with Crippen LogP contribution in [0.2, 0.25) is 8.87 Å². The third-order valence-electron chi connectivity index (χ3n) is 6.00. The minimum atomic E-state index is -3.79. The van der Waals surface area contributed by atoms with E-state index in [1.54, 1.807) is 23.5 Å². The Kier molecular flexibility index (Phi) is 23.8. The Morgan fingerprint density at radius 3 is 1.37 bits per heavy atom. The number of unbranched alkanes of at least 4 members (excludes halogenated alkanes) is 6. The van der Waals surface area contributed by atoms with Crippen molar-refractivity contribution >= 4 is 54.7 Å². The number of carbonyl (C=O) groups is 2. The van der Waals surface area contributed by atoms with Gasteiger partial charge in [-0.05, 0) is 0 Å². The summed E-state index contributed by atoms with van der Waals surface area (Å²) in [7, 11) is 0. The molecule has 0 N–H and O–H groups in total. The van der Waals surface area contributed by atoms with Gasteiger partial charge in [-0.1, -0.05) is 0 Å². The number of rotatable bonds is 24. The first-order valence-electron chi connectivity index (χ1n) is 14.3. The van der Waals surface area contributed by atoms with E-state index in [2.05, 4.69) is 41.5 Å². The standard InChI is InChI=1S/2C10H20O2S.2C4H9.Sn/c2*1-9(2)6-4-3-5-7-13-8-10(11)12;2*1-3-4-2;/h2*9H,3-8H2,1-2H3,(H,11,12);2*1,3-4H2,2H3;/q;;;;+2/p-2. The summed E-state index contributed by atoms with van der Waals surface area (Å²) in [6, 6.07) is 0. The van der Waals surface area contributed by atoms with E-state index < -0.39 is 19.2 Å². The van der Waals surface area contributed by atoms with E-state index in [-0.39, 0.29) is 11.9 Å². The maximum absolute atomic E-state index is 12.8. The molecule has 0 spiro atoms. The first kappa shape index (κ1) is 35.4. The van der Waals surface area contributed by atoms with Crippen LogP contribution < -0.4 is 0 Å². The average Bonchev–Trinajstić information content (AvgIpc) is 2.79. The fraction of sp³-hybridized carbons (Fsp3) is 0.929.